The molecule has 0 amide bonds. The highest BCUT2D eigenvalue weighted by atomic mass is 16.6. The summed E-state index contributed by atoms with van der Waals surface area (Å²) in [4.78, 5) is 11.3. The van der Waals surface area contributed by atoms with Gasteiger partial charge in [-0.3, -0.25) is 0 Å². The molecule has 1 unspecified atom stereocenters. The van der Waals surface area contributed by atoms with E-state index in [0.717, 1.165) is 12.8 Å². The van der Waals surface area contributed by atoms with Crippen LogP contribution in [0.3, 0.4) is 0 Å². The van der Waals surface area contributed by atoms with Gasteiger partial charge in [0.15, 0.2) is 0 Å². The molecule has 6 heteroatoms. The number of carbonyl (C=O) groups excluding carboxylic acids is 1. The standard InChI is InChI=1S/C16H29NO5/c1-11(2)14(19)22-10-12(18)9-21-13-7-15(3,4)17(20)16(5,6)8-13/h12-13,18,20H,1,7-10H2,2-6H3/p+1. The topological polar surface area (TPSA) is 81.9 Å². The molecule has 0 radical (unpaired) electrons. The Labute approximate surface area is 132 Å². The summed E-state index contributed by atoms with van der Waals surface area (Å²) in [5.74, 6) is -0.510. The van der Waals surface area contributed by atoms with Crippen LogP contribution in [0.2, 0.25) is 0 Å². The molecular weight excluding hydrogens is 286 g/mol. The molecule has 6 nitrogen and oxygen atoms in total. The number of aliphatic hydroxyl groups excluding tert-OH is 1. The van der Waals surface area contributed by atoms with E-state index >= 15 is 0 Å². The van der Waals surface area contributed by atoms with Crippen LogP contribution >= 0.6 is 0 Å². The second-order valence-electron chi connectivity index (χ2n) is 7.36. The van der Waals surface area contributed by atoms with Crippen molar-refractivity contribution in [3.8, 4) is 0 Å². The first-order valence-electron chi connectivity index (χ1n) is 7.59. The summed E-state index contributed by atoms with van der Waals surface area (Å²) in [6.45, 7) is 13.1. The number of hydroxylamine groups is 2. The van der Waals surface area contributed by atoms with Crippen molar-refractivity contribution in [1.29, 1.82) is 0 Å². The van der Waals surface area contributed by atoms with Gasteiger partial charge < -0.3 is 19.8 Å². The second kappa shape index (κ2) is 7.08. The van der Waals surface area contributed by atoms with Crippen LogP contribution in [0.4, 0.5) is 0 Å². The Morgan fingerprint density at radius 2 is 1.82 bits per heavy atom. The highest BCUT2D eigenvalue weighted by Gasteiger charge is 2.48. The van der Waals surface area contributed by atoms with Gasteiger partial charge in [0.25, 0.3) is 0 Å². The van der Waals surface area contributed by atoms with Gasteiger partial charge >= 0.3 is 5.97 Å². The number of piperidine rings is 1. The average Bonchev–Trinajstić information content (AvgIpc) is 2.39. The van der Waals surface area contributed by atoms with Gasteiger partial charge in [0.1, 0.15) is 12.7 Å². The van der Waals surface area contributed by atoms with E-state index in [4.69, 9.17) is 14.7 Å². The molecule has 128 valence electrons. The van der Waals surface area contributed by atoms with E-state index in [0.29, 0.717) is 5.57 Å². The first kappa shape index (κ1) is 19.1. The van der Waals surface area contributed by atoms with E-state index in [1.54, 1.807) is 12.0 Å². The zero-order chi connectivity index (χ0) is 17.1. The fraction of sp³-hybridized carbons (Fsp3) is 0.812. The summed E-state index contributed by atoms with van der Waals surface area (Å²) >= 11 is 0. The van der Waals surface area contributed by atoms with Crippen LogP contribution in [0.5, 0.6) is 0 Å². The molecule has 1 heterocycles. The Morgan fingerprint density at radius 1 is 1.32 bits per heavy atom. The summed E-state index contributed by atoms with van der Waals surface area (Å²) in [5, 5.41) is 19.7. The maximum Gasteiger partial charge on any atom is 0.333 e. The molecule has 1 aliphatic rings. The van der Waals surface area contributed by atoms with Crippen molar-refractivity contribution >= 4 is 5.97 Å². The number of ether oxygens (including phenoxy) is 2. The Balaban J connectivity index is 2.44. The van der Waals surface area contributed by atoms with Gasteiger partial charge in [-0.05, 0) is 47.5 Å². The molecule has 0 aliphatic carbocycles. The number of hydrogen-bond acceptors (Lipinski definition) is 5. The molecule has 0 aromatic heterocycles. The summed E-state index contributed by atoms with van der Waals surface area (Å²) in [6.07, 6.45) is 0.554. The first-order valence-corrected chi connectivity index (χ1v) is 7.59. The third kappa shape index (κ3) is 5.05. The molecule has 3 N–H and O–H groups in total. The van der Waals surface area contributed by atoms with E-state index < -0.39 is 12.1 Å². The van der Waals surface area contributed by atoms with Gasteiger partial charge in [-0.1, -0.05) is 11.6 Å². The Kier molecular flexibility index (Phi) is 6.15. The molecule has 22 heavy (non-hydrogen) atoms. The third-order valence-electron chi connectivity index (χ3n) is 3.94. The number of nitrogens with zero attached hydrogens (tertiary/aromatic N) is 1. The molecule has 0 aromatic rings. The summed E-state index contributed by atoms with van der Waals surface area (Å²) in [5.41, 5.74) is -0.271. The molecule has 1 fully saturated rings. The predicted octanol–water partition coefficient (Wildman–Crippen LogP) is 1.14. The van der Waals surface area contributed by atoms with Crippen molar-refractivity contribution < 1.29 is 24.6 Å². The molecule has 0 bridgehead atoms. The van der Waals surface area contributed by atoms with Crippen LogP contribution < -0.4 is 0 Å². The monoisotopic (exact) mass is 316 g/mol. The van der Waals surface area contributed by atoms with Gasteiger partial charge in [-0.15, -0.1) is 0 Å². The van der Waals surface area contributed by atoms with E-state index in [-0.39, 0.29) is 30.4 Å². The highest BCUT2D eigenvalue weighted by Crippen LogP contribution is 2.37. The summed E-state index contributed by atoms with van der Waals surface area (Å²) in [7, 11) is 0. The Hall–Kier alpha value is -0.950. The third-order valence-corrected chi connectivity index (χ3v) is 3.94. The molecule has 1 atom stereocenters. The summed E-state index contributed by atoms with van der Waals surface area (Å²) < 4.78 is 10.7. The maximum atomic E-state index is 11.3. The average molecular weight is 316 g/mol. The lowest BCUT2D eigenvalue weighted by Gasteiger charge is -2.47. The Morgan fingerprint density at radius 3 is 2.27 bits per heavy atom. The quantitative estimate of drug-likeness (QED) is 0.451. The second-order valence-corrected chi connectivity index (χ2v) is 7.36. The lowest BCUT2D eigenvalue weighted by molar-refractivity contribution is -0.262. The fourth-order valence-corrected chi connectivity index (χ4v) is 2.90. The largest absolute Gasteiger partial charge is 0.460 e. The molecule has 1 aliphatic heterocycles. The van der Waals surface area contributed by atoms with E-state index in [1.807, 2.05) is 27.7 Å². The van der Waals surface area contributed by atoms with Gasteiger partial charge in [0, 0.05) is 5.57 Å². The predicted molar refractivity (Wildman–Crippen MR) is 84.4 cm³/mol. The van der Waals surface area contributed by atoms with Crippen molar-refractivity contribution in [3.05, 3.63) is 12.2 Å². The zero-order valence-corrected chi connectivity index (χ0v) is 14.3. The number of aliphatic hydroxyl groups is 1. The van der Waals surface area contributed by atoms with E-state index in [1.165, 1.54) is 0 Å². The van der Waals surface area contributed by atoms with Crippen LogP contribution in [-0.4, -0.2) is 57.8 Å². The van der Waals surface area contributed by atoms with Gasteiger partial charge in [0.05, 0.1) is 23.8 Å². The molecular formula is C16H30NO5+. The number of carbonyl (C=O) groups is 1. The van der Waals surface area contributed by atoms with Crippen molar-refractivity contribution in [2.45, 2.75) is 70.7 Å². The number of hydrogen-bond donors (Lipinski definition) is 1. The van der Waals surface area contributed by atoms with Gasteiger partial charge in [-0.25, -0.2) is 4.79 Å². The lowest BCUT2D eigenvalue weighted by atomic mass is 9.80. The van der Waals surface area contributed by atoms with Crippen LogP contribution in [-0.2, 0) is 14.3 Å². The highest BCUT2D eigenvalue weighted by molar-refractivity contribution is 5.86. The molecule has 0 aromatic carbocycles. The first-order chi connectivity index (χ1) is 9.95. The SMILES string of the molecule is C=C(C)C(=O)OCC(O)COC1CC(C)(C)N([OH2+])C(C)(C)C1. The molecule has 1 rings (SSSR count). The molecule has 0 saturated carbocycles. The van der Waals surface area contributed by atoms with Crippen LogP contribution in [0.25, 0.3) is 0 Å². The van der Waals surface area contributed by atoms with Gasteiger partial charge in [0.2, 0.25) is 0 Å². The van der Waals surface area contributed by atoms with Crippen molar-refractivity contribution in [1.82, 2.24) is 5.06 Å². The maximum absolute atomic E-state index is 11.3. The van der Waals surface area contributed by atoms with Crippen LogP contribution in [0, 0.1) is 0 Å². The molecule has 0 spiro atoms. The smallest absolute Gasteiger partial charge is 0.333 e. The Bertz CT molecular complexity index is 401. The van der Waals surface area contributed by atoms with Crippen molar-refractivity contribution in [2.24, 2.45) is 0 Å². The fourth-order valence-electron chi connectivity index (χ4n) is 2.90. The minimum Gasteiger partial charge on any atom is -0.460 e. The zero-order valence-electron chi connectivity index (χ0n) is 14.3. The van der Waals surface area contributed by atoms with Crippen molar-refractivity contribution in [2.75, 3.05) is 13.2 Å². The molecule has 1 saturated heterocycles. The van der Waals surface area contributed by atoms with Crippen LogP contribution in [0.15, 0.2) is 12.2 Å². The van der Waals surface area contributed by atoms with Crippen LogP contribution in [0.1, 0.15) is 47.5 Å². The minimum atomic E-state index is -0.858. The van der Waals surface area contributed by atoms with Gasteiger partial charge in [-0.2, -0.15) is 0 Å². The summed E-state index contributed by atoms with van der Waals surface area (Å²) in [6, 6.07) is 0. The van der Waals surface area contributed by atoms with Crippen molar-refractivity contribution in [3.63, 3.8) is 0 Å². The number of esters is 1. The normalized spacial score (nSPS) is 23.0. The number of rotatable bonds is 6. The minimum absolute atomic E-state index is 0.0295. The lowest BCUT2D eigenvalue weighted by Crippen LogP contribution is -2.60. The van der Waals surface area contributed by atoms with E-state index in [2.05, 4.69) is 6.58 Å². The van der Waals surface area contributed by atoms with E-state index in [9.17, 15) is 9.90 Å².